The molecule has 2 N–H and O–H groups in total. The van der Waals surface area contributed by atoms with E-state index >= 15 is 0 Å². The Hall–Kier alpha value is -0.860. The van der Waals surface area contributed by atoms with Gasteiger partial charge in [-0.15, -0.1) is 24.0 Å². The fourth-order valence-electron chi connectivity index (χ4n) is 4.41. The predicted molar refractivity (Wildman–Crippen MR) is 134 cm³/mol. The minimum atomic E-state index is 0. The van der Waals surface area contributed by atoms with Crippen molar-refractivity contribution in [3.05, 3.63) is 35.9 Å². The summed E-state index contributed by atoms with van der Waals surface area (Å²) in [6.07, 6.45) is 6.24. The second-order valence-electron chi connectivity index (χ2n) is 8.33. The van der Waals surface area contributed by atoms with Crippen molar-refractivity contribution in [2.45, 2.75) is 64.6 Å². The SMILES string of the molecule is CCNC(=NCCCN1CCCC1)NC1CCN(Cc2ccccc2)C(C)C1.I. The van der Waals surface area contributed by atoms with Crippen molar-refractivity contribution < 1.29 is 0 Å². The lowest BCUT2D eigenvalue weighted by Gasteiger charge is -2.38. The van der Waals surface area contributed by atoms with Gasteiger partial charge >= 0.3 is 0 Å². The molecule has 0 spiro atoms. The van der Waals surface area contributed by atoms with Crippen LogP contribution >= 0.6 is 24.0 Å². The molecule has 2 aliphatic rings. The number of piperidine rings is 1. The van der Waals surface area contributed by atoms with E-state index in [-0.39, 0.29) is 24.0 Å². The van der Waals surface area contributed by atoms with E-state index in [1.54, 1.807) is 0 Å². The number of rotatable bonds is 8. The van der Waals surface area contributed by atoms with Crippen LogP contribution in [0.25, 0.3) is 0 Å². The van der Waals surface area contributed by atoms with Gasteiger partial charge in [-0.25, -0.2) is 0 Å². The molecule has 3 rings (SSSR count). The molecule has 5 nitrogen and oxygen atoms in total. The second kappa shape index (κ2) is 13.4. The molecule has 6 heteroatoms. The number of guanidine groups is 1. The van der Waals surface area contributed by atoms with Gasteiger partial charge in [0.1, 0.15) is 0 Å². The van der Waals surface area contributed by atoms with E-state index in [2.05, 4.69) is 64.6 Å². The number of halogens is 1. The maximum Gasteiger partial charge on any atom is 0.191 e. The third kappa shape index (κ3) is 8.42. The lowest BCUT2D eigenvalue weighted by molar-refractivity contribution is 0.134. The molecule has 0 bridgehead atoms. The molecule has 1 aromatic carbocycles. The Kier molecular flexibility index (Phi) is 11.3. The van der Waals surface area contributed by atoms with Crippen LogP contribution in [0.4, 0.5) is 0 Å². The average Bonchev–Trinajstić information content (AvgIpc) is 3.22. The van der Waals surface area contributed by atoms with Crippen molar-refractivity contribution in [2.24, 2.45) is 4.99 Å². The van der Waals surface area contributed by atoms with Gasteiger partial charge in [0.05, 0.1) is 0 Å². The molecule has 2 aliphatic heterocycles. The highest BCUT2D eigenvalue weighted by Gasteiger charge is 2.25. The van der Waals surface area contributed by atoms with Gasteiger partial charge in [-0.2, -0.15) is 0 Å². The molecule has 2 unspecified atom stereocenters. The van der Waals surface area contributed by atoms with Gasteiger partial charge in [0.25, 0.3) is 0 Å². The quantitative estimate of drug-likeness (QED) is 0.241. The Morgan fingerprint density at radius 2 is 1.90 bits per heavy atom. The van der Waals surface area contributed by atoms with Crippen molar-refractivity contribution in [2.75, 3.05) is 39.3 Å². The molecule has 2 saturated heterocycles. The molecule has 0 aliphatic carbocycles. The molecular formula is C23H40IN5. The molecule has 1 aromatic rings. The van der Waals surface area contributed by atoms with Crippen molar-refractivity contribution >= 4 is 29.9 Å². The zero-order valence-electron chi connectivity index (χ0n) is 18.3. The van der Waals surface area contributed by atoms with Crippen LogP contribution in [-0.4, -0.2) is 67.1 Å². The lowest BCUT2D eigenvalue weighted by atomic mass is 9.97. The highest BCUT2D eigenvalue weighted by Crippen LogP contribution is 2.20. The van der Waals surface area contributed by atoms with E-state index in [1.807, 2.05) is 0 Å². The van der Waals surface area contributed by atoms with Crippen LogP contribution in [0.5, 0.6) is 0 Å². The van der Waals surface area contributed by atoms with E-state index < -0.39 is 0 Å². The summed E-state index contributed by atoms with van der Waals surface area (Å²) in [5.41, 5.74) is 1.41. The largest absolute Gasteiger partial charge is 0.357 e. The fraction of sp³-hybridized carbons (Fsp3) is 0.696. The molecule has 0 saturated carbocycles. The summed E-state index contributed by atoms with van der Waals surface area (Å²) >= 11 is 0. The zero-order valence-corrected chi connectivity index (χ0v) is 20.6. The van der Waals surface area contributed by atoms with Crippen LogP contribution in [0.1, 0.15) is 51.5 Å². The number of nitrogens with one attached hydrogen (secondary N) is 2. The second-order valence-corrected chi connectivity index (χ2v) is 8.33. The predicted octanol–water partition coefficient (Wildman–Crippen LogP) is 3.70. The number of likely N-dealkylation sites (tertiary alicyclic amines) is 2. The van der Waals surface area contributed by atoms with Gasteiger partial charge in [-0.05, 0) is 71.1 Å². The molecule has 29 heavy (non-hydrogen) atoms. The Morgan fingerprint density at radius 1 is 1.14 bits per heavy atom. The monoisotopic (exact) mass is 513 g/mol. The van der Waals surface area contributed by atoms with E-state index in [1.165, 1.54) is 50.9 Å². The average molecular weight is 514 g/mol. The first-order valence-corrected chi connectivity index (χ1v) is 11.3. The number of nitrogens with zero attached hydrogens (tertiary/aromatic N) is 3. The highest BCUT2D eigenvalue weighted by molar-refractivity contribution is 14.0. The Balaban J connectivity index is 0.00000300. The van der Waals surface area contributed by atoms with Gasteiger partial charge in [0, 0.05) is 38.3 Å². The Bertz CT molecular complexity index is 588. The molecule has 2 heterocycles. The molecule has 2 fully saturated rings. The van der Waals surface area contributed by atoms with Crippen LogP contribution < -0.4 is 10.6 Å². The molecular weight excluding hydrogens is 473 g/mol. The van der Waals surface area contributed by atoms with Gasteiger partial charge in [-0.1, -0.05) is 30.3 Å². The standard InChI is InChI=1S/C23H39N5.HI/c1-3-24-23(25-13-9-16-27-14-7-8-15-27)26-22-12-17-28(20(2)18-22)19-21-10-5-4-6-11-21;/h4-6,10-11,20,22H,3,7-9,12-19H2,1-2H3,(H2,24,25,26);1H. The van der Waals surface area contributed by atoms with Crippen molar-refractivity contribution in [1.29, 1.82) is 0 Å². The van der Waals surface area contributed by atoms with Gasteiger partial charge in [0.15, 0.2) is 5.96 Å². The smallest absolute Gasteiger partial charge is 0.191 e. The number of benzene rings is 1. The minimum absolute atomic E-state index is 0. The Morgan fingerprint density at radius 3 is 2.59 bits per heavy atom. The third-order valence-electron chi connectivity index (χ3n) is 6.03. The van der Waals surface area contributed by atoms with E-state index in [4.69, 9.17) is 4.99 Å². The van der Waals surface area contributed by atoms with Gasteiger partial charge in [-0.3, -0.25) is 9.89 Å². The topological polar surface area (TPSA) is 42.9 Å². The first-order valence-electron chi connectivity index (χ1n) is 11.3. The third-order valence-corrected chi connectivity index (χ3v) is 6.03. The fourth-order valence-corrected chi connectivity index (χ4v) is 4.41. The normalized spacial score (nSPS) is 23.6. The highest BCUT2D eigenvalue weighted by atomic mass is 127. The van der Waals surface area contributed by atoms with E-state index in [0.29, 0.717) is 12.1 Å². The summed E-state index contributed by atoms with van der Waals surface area (Å²) in [7, 11) is 0. The molecule has 0 radical (unpaired) electrons. The minimum Gasteiger partial charge on any atom is -0.357 e. The first-order chi connectivity index (χ1) is 13.7. The van der Waals surface area contributed by atoms with Gasteiger partial charge in [0.2, 0.25) is 0 Å². The van der Waals surface area contributed by atoms with Crippen LogP contribution in [0.2, 0.25) is 0 Å². The number of aliphatic imine (C=N–C) groups is 1. The molecule has 0 aromatic heterocycles. The zero-order chi connectivity index (χ0) is 19.6. The van der Waals surface area contributed by atoms with E-state index in [9.17, 15) is 0 Å². The number of hydrogen-bond acceptors (Lipinski definition) is 3. The summed E-state index contributed by atoms with van der Waals surface area (Å²) in [6, 6.07) is 11.9. The van der Waals surface area contributed by atoms with Crippen LogP contribution in [0.15, 0.2) is 35.3 Å². The van der Waals surface area contributed by atoms with Crippen molar-refractivity contribution in [3.8, 4) is 0 Å². The van der Waals surface area contributed by atoms with Crippen LogP contribution in [-0.2, 0) is 6.54 Å². The summed E-state index contributed by atoms with van der Waals surface area (Å²) in [6.45, 7) is 12.3. The van der Waals surface area contributed by atoms with Crippen LogP contribution in [0, 0.1) is 0 Å². The maximum atomic E-state index is 4.83. The lowest BCUT2D eigenvalue weighted by Crippen LogP contribution is -2.51. The summed E-state index contributed by atoms with van der Waals surface area (Å²) in [4.78, 5) is 10.0. The van der Waals surface area contributed by atoms with Gasteiger partial charge < -0.3 is 15.5 Å². The first kappa shape index (κ1) is 24.4. The van der Waals surface area contributed by atoms with Crippen LogP contribution in [0.3, 0.4) is 0 Å². The van der Waals surface area contributed by atoms with E-state index in [0.717, 1.165) is 38.6 Å². The Labute approximate surface area is 194 Å². The summed E-state index contributed by atoms with van der Waals surface area (Å²) in [5.74, 6) is 0.998. The summed E-state index contributed by atoms with van der Waals surface area (Å²) in [5, 5.41) is 7.13. The molecule has 164 valence electrons. The maximum absolute atomic E-state index is 4.83. The number of hydrogen-bond donors (Lipinski definition) is 2. The van der Waals surface area contributed by atoms with Crippen molar-refractivity contribution in [3.63, 3.8) is 0 Å². The van der Waals surface area contributed by atoms with Crippen molar-refractivity contribution in [1.82, 2.24) is 20.4 Å². The molecule has 0 amide bonds. The molecule has 2 atom stereocenters. The summed E-state index contributed by atoms with van der Waals surface area (Å²) < 4.78 is 0.